The van der Waals surface area contributed by atoms with Crippen LogP contribution >= 0.6 is 11.6 Å². The first-order chi connectivity index (χ1) is 12.9. The molecule has 1 aliphatic rings. The first kappa shape index (κ1) is 19.9. The molecule has 0 bridgehead atoms. The Hall–Kier alpha value is -1.87. The van der Waals surface area contributed by atoms with E-state index in [2.05, 4.69) is 0 Å². The number of benzene rings is 1. The molecule has 0 saturated carbocycles. The number of carbonyl (C=O) groups excluding carboxylic acids is 1. The summed E-state index contributed by atoms with van der Waals surface area (Å²) < 4.78 is 32.1. The van der Waals surface area contributed by atoms with Crippen molar-refractivity contribution in [2.75, 3.05) is 39.8 Å². The van der Waals surface area contributed by atoms with Gasteiger partial charge >= 0.3 is 0 Å². The second-order valence-electron chi connectivity index (χ2n) is 6.49. The number of rotatable bonds is 6. The van der Waals surface area contributed by atoms with E-state index in [9.17, 15) is 13.2 Å². The number of sulfonamides is 1. The summed E-state index contributed by atoms with van der Waals surface area (Å²) in [4.78, 5) is 16.3. The summed E-state index contributed by atoms with van der Waals surface area (Å²) in [6.07, 6.45) is 1.60. The molecule has 146 valence electrons. The molecule has 7 nitrogen and oxygen atoms in total. The van der Waals surface area contributed by atoms with Crippen molar-refractivity contribution in [3.05, 3.63) is 53.4 Å². The van der Waals surface area contributed by atoms with Crippen molar-refractivity contribution in [2.24, 2.45) is 0 Å². The molecular formula is C18H22ClN3O4S. The van der Waals surface area contributed by atoms with E-state index < -0.39 is 10.0 Å². The van der Waals surface area contributed by atoms with Gasteiger partial charge < -0.3 is 9.32 Å². The minimum Gasteiger partial charge on any atom is -0.468 e. The summed E-state index contributed by atoms with van der Waals surface area (Å²) in [5.41, 5.74) is 0. The Labute approximate surface area is 164 Å². The van der Waals surface area contributed by atoms with Gasteiger partial charge in [-0.2, -0.15) is 4.31 Å². The lowest BCUT2D eigenvalue weighted by Crippen LogP contribution is -2.52. The molecule has 0 unspecified atom stereocenters. The smallest absolute Gasteiger partial charge is 0.243 e. The molecule has 3 rings (SSSR count). The molecule has 0 N–H and O–H groups in total. The molecule has 1 saturated heterocycles. The third-order valence-corrected chi connectivity index (χ3v) is 6.62. The molecule has 0 radical (unpaired) electrons. The summed E-state index contributed by atoms with van der Waals surface area (Å²) in [5, 5.41) is 0.489. The monoisotopic (exact) mass is 411 g/mol. The summed E-state index contributed by atoms with van der Waals surface area (Å²) in [7, 11) is -1.72. The molecule has 1 aliphatic heterocycles. The summed E-state index contributed by atoms with van der Waals surface area (Å²) in [5.74, 6) is 0.775. The molecule has 1 amide bonds. The lowest BCUT2D eigenvalue weighted by atomic mass is 10.3. The standard InChI is InChI=1S/C18H22ClN3O4S/c1-20(13-16-3-2-12-26-16)14-18(23)21-8-10-22(11-9-21)27(24,25)17-6-4-15(19)5-7-17/h2-7,12H,8-11,13-14H2,1H3. The Morgan fingerprint density at radius 1 is 1.15 bits per heavy atom. The van der Waals surface area contributed by atoms with Gasteiger partial charge in [-0.1, -0.05) is 11.6 Å². The Morgan fingerprint density at radius 3 is 2.41 bits per heavy atom. The highest BCUT2D eigenvalue weighted by Crippen LogP contribution is 2.20. The number of piperazine rings is 1. The maximum absolute atomic E-state index is 12.7. The van der Waals surface area contributed by atoms with Crippen LogP contribution in [0.5, 0.6) is 0 Å². The number of hydrogen-bond acceptors (Lipinski definition) is 5. The number of halogens is 1. The van der Waals surface area contributed by atoms with Gasteiger partial charge in [-0.15, -0.1) is 0 Å². The minimum atomic E-state index is -3.57. The van der Waals surface area contributed by atoms with E-state index in [-0.39, 0.29) is 30.4 Å². The number of nitrogens with zero attached hydrogens (tertiary/aromatic N) is 3. The molecule has 0 spiro atoms. The van der Waals surface area contributed by atoms with Gasteiger partial charge in [0.2, 0.25) is 15.9 Å². The highest BCUT2D eigenvalue weighted by Gasteiger charge is 2.30. The first-order valence-corrected chi connectivity index (χ1v) is 10.4. The van der Waals surface area contributed by atoms with Crippen molar-refractivity contribution in [1.82, 2.24) is 14.1 Å². The van der Waals surface area contributed by atoms with Crippen LogP contribution in [0.1, 0.15) is 5.76 Å². The Balaban J connectivity index is 1.53. The zero-order chi connectivity index (χ0) is 19.4. The Morgan fingerprint density at radius 2 is 1.81 bits per heavy atom. The number of hydrogen-bond donors (Lipinski definition) is 0. The van der Waals surface area contributed by atoms with E-state index in [1.54, 1.807) is 23.3 Å². The average molecular weight is 412 g/mol. The van der Waals surface area contributed by atoms with Gasteiger partial charge in [0.15, 0.2) is 0 Å². The van der Waals surface area contributed by atoms with Crippen LogP contribution in [0, 0.1) is 0 Å². The van der Waals surface area contributed by atoms with Crippen molar-refractivity contribution in [2.45, 2.75) is 11.4 Å². The van der Waals surface area contributed by atoms with Crippen LogP contribution < -0.4 is 0 Å². The lowest BCUT2D eigenvalue weighted by Gasteiger charge is -2.34. The largest absolute Gasteiger partial charge is 0.468 e. The van der Waals surface area contributed by atoms with Crippen LogP contribution in [0.4, 0.5) is 0 Å². The molecule has 27 heavy (non-hydrogen) atoms. The van der Waals surface area contributed by atoms with Crippen molar-refractivity contribution in [3.8, 4) is 0 Å². The fraction of sp³-hybridized carbons (Fsp3) is 0.389. The van der Waals surface area contributed by atoms with E-state index in [0.717, 1.165) is 5.76 Å². The van der Waals surface area contributed by atoms with Gasteiger partial charge in [0.25, 0.3) is 0 Å². The molecule has 9 heteroatoms. The third kappa shape index (κ3) is 4.90. The molecule has 0 atom stereocenters. The first-order valence-electron chi connectivity index (χ1n) is 8.60. The van der Waals surface area contributed by atoms with Crippen LogP contribution in [0.25, 0.3) is 0 Å². The van der Waals surface area contributed by atoms with Gasteiger partial charge in [0.1, 0.15) is 5.76 Å². The summed E-state index contributed by atoms with van der Waals surface area (Å²) >= 11 is 5.83. The molecule has 2 heterocycles. The molecule has 1 fully saturated rings. The van der Waals surface area contributed by atoms with Crippen LogP contribution in [0.15, 0.2) is 52.0 Å². The molecular weight excluding hydrogens is 390 g/mol. The number of carbonyl (C=O) groups is 1. The predicted octanol–water partition coefficient (Wildman–Crippen LogP) is 1.90. The van der Waals surface area contributed by atoms with Gasteiger partial charge in [-0.3, -0.25) is 9.69 Å². The average Bonchev–Trinajstić information content (AvgIpc) is 3.15. The van der Waals surface area contributed by atoms with Crippen molar-refractivity contribution in [3.63, 3.8) is 0 Å². The van der Waals surface area contributed by atoms with Gasteiger partial charge in [-0.25, -0.2) is 8.42 Å². The zero-order valence-corrected chi connectivity index (χ0v) is 16.6. The van der Waals surface area contributed by atoms with Crippen LogP contribution in [0.3, 0.4) is 0 Å². The predicted molar refractivity (Wildman–Crippen MR) is 102 cm³/mol. The SMILES string of the molecule is CN(CC(=O)N1CCN(S(=O)(=O)c2ccc(Cl)cc2)CC1)Cc1ccco1. The number of furan rings is 1. The van der Waals surface area contributed by atoms with E-state index in [1.165, 1.54) is 16.4 Å². The van der Waals surface area contributed by atoms with Gasteiger partial charge in [-0.05, 0) is 43.4 Å². The van der Waals surface area contributed by atoms with Gasteiger partial charge in [0.05, 0.1) is 24.2 Å². The van der Waals surface area contributed by atoms with Crippen LogP contribution in [0.2, 0.25) is 5.02 Å². The van der Waals surface area contributed by atoms with E-state index >= 15 is 0 Å². The Kier molecular flexibility index (Phi) is 6.21. The minimum absolute atomic E-state index is 0.0207. The van der Waals surface area contributed by atoms with E-state index in [1.807, 2.05) is 24.1 Å². The number of amides is 1. The number of likely N-dealkylation sites (N-methyl/N-ethyl adjacent to an activating group) is 1. The maximum atomic E-state index is 12.7. The second kappa shape index (κ2) is 8.43. The Bertz CT molecular complexity index is 861. The second-order valence-corrected chi connectivity index (χ2v) is 8.86. The highest BCUT2D eigenvalue weighted by molar-refractivity contribution is 7.89. The van der Waals surface area contributed by atoms with Gasteiger partial charge in [0, 0.05) is 31.2 Å². The van der Waals surface area contributed by atoms with Crippen molar-refractivity contribution >= 4 is 27.5 Å². The topological polar surface area (TPSA) is 74.1 Å². The molecule has 1 aromatic heterocycles. The van der Waals surface area contributed by atoms with E-state index in [4.69, 9.17) is 16.0 Å². The van der Waals surface area contributed by atoms with Crippen LogP contribution in [-0.4, -0.2) is 68.2 Å². The molecule has 2 aromatic rings. The van der Waals surface area contributed by atoms with Crippen LogP contribution in [-0.2, 0) is 21.4 Å². The fourth-order valence-corrected chi connectivity index (χ4v) is 4.54. The summed E-state index contributed by atoms with van der Waals surface area (Å²) in [6, 6.07) is 9.79. The van der Waals surface area contributed by atoms with Crippen molar-refractivity contribution in [1.29, 1.82) is 0 Å². The zero-order valence-electron chi connectivity index (χ0n) is 15.0. The van der Waals surface area contributed by atoms with Crippen molar-refractivity contribution < 1.29 is 17.6 Å². The maximum Gasteiger partial charge on any atom is 0.243 e. The highest BCUT2D eigenvalue weighted by atomic mass is 35.5. The normalized spacial score (nSPS) is 16.0. The molecule has 0 aliphatic carbocycles. The third-order valence-electron chi connectivity index (χ3n) is 4.45. The lowest BCUT2D eigenvalue weighted by molar-refractivity contribution is -0.133. The molecule has 1 aromatic carbocycles. The fourth-order valence-electron chi connectivity index (χ4n) is 2.99. The van der Waals surface area contributed by atoms with E-state index in [0.29, 0.717) is 24.7 Å². The summed E-state index contributed by atoms with van der Waals surface area (Å²) in [6.45, 7) is 2.10. The quantitative estimate of drug-likeness (QED) is 0.725.